The van der Waals surface area contributed by atoms with Gasteiger partial charge < -0.3 is 5.32 Å². The van der Waals surface area contributed by atoms with E-state index in [0.29, 0.717) is 6.04 Å². The van der Waals surface area contributed by atoms with E-state index in [0.717, 1.165) is 6.54 Å². The van der Waals surface area contributed by atoms with Crippen molar-refractivity contribution in [3.05, 3.63) is 30.1 Å². The molecule has 2 rings (SSSR count). The fourth-order valence-electron chi connectivity index (χ4n) is 1.56. The molecule has 1 aliphatic rings. The first-order valence-corrected chi connectivity index (χ1v) is 4.10. The lowest BCUT2D eigenvalue weighted by Crippen LogP contribution is -2.12. The lowest BCUT2D eigenvalue weighted by molar-refractivity contribution is 0.647. The molecule has 1 saturated heterocycles. The molecule has 1 N–H and O–H groups in total. The van der Waals surface area contributed by atoms with Gasteiger partial charge in [0.2, 0.25) is 0 Å². The van der Waals surface area contributed by atoms with E-state index >= 15 is 0 Å². The molecule has 2 heterocycles. The van der Waals surface area contributed by atoms with Gasteiger partial charge in [-0.05, 0) is 37.1 Å². The van der Waals surface area contributed by atoms with Crippen LogP contribution in [0.3, 0.4) is 0 Å². The maximum Gasteiger partial charge on any atom is 0.0321 e. The van der Waals surface area contributed by atoms with Crippen molar-refractivity contribution in [2.24, 2.45) is 0 Å². The Bertz CT molecular complexity index is 219. The van der Waals surface area contributed by atoms with Gasteiger partial charge in [-0.2, -0.15) is 0 Å². The number of pyridine rings is 1. The van der Waals surface area contributed by atoms with Gasteiger partial charge in [0.15, 0.2) is 0 Å². The highest BCUT2D eigenvalue weighted by molar-refractivity contribution is 5.85. The zero-order valence-electron chi connectivity index (χ0n) is 6.86. The summed E-state index contributed by atoms with van der Waals surface area (Å²) >= 11 is 0. The number of hydrogen-bond acceptors (Lipinski definition) is 2. The van der Waals surface area contributed by atoms with Gasteiger partial charge in [-0.25, -0.2) is 0 Å². The van der Waals surface area contributed by atoms with E-state index < -0.39 is 0 Å². The molecule has 1 atom stereocenters. The molecular weight excluding hydrogens is 172 g/mol. The number of halogens is 1. The van der Waals surface area contributed by atoms with Crippen LogP contribution in [0.5, 0.6) is 0 Å². The monoisotopic (exact) mass is 184 g/mol. The molecule has 1 aliphatic heterocycles. The Morgan fingerprint density at radius 2 is 2.08 bits per heavy atom. The van der Waals surface area contributed by atoms with Crippen molar-refractivity contribution in [3.63, 3.8) is 0 Å². The normalized spacial score (nSPS) is 21.8. The summed E-state index contributed by atoms with van der Waals surface area (Å²) in [5.41, 5.74) is 1.37. The van der Waals surface area contributed by atoms with Gasteiger partial charge in [-0.15, -0.1) is 12.4 Å². The van der Waals surface area contributed by atoms with E-state index in [4.69, 9.17) is 0 Å². The molecule has 0 aliphatic carbocycles. The summed E-state index contributed by atoms with van der Waals surface area (Å²) in [6.07, 6.45) is 6.28. The zero-order chi connectivity index (χ0) is 7.52. The fraction of sp³-hybridized carbons (Fsp3) is 0.444. The van der Waals surface area contributed by atoms with Crippen LogP contribution in [0.1, 0.15) is 24.4 Å². The van der Waals surface area contributed by atoms with Crippen LogP contribution in [-0.2, 0) is 0 Å². The Morgan fingerprint density at radius 3 is 2.67 bits per heavy atom. The van der Waals surface area contributed by atoms with Crippen LogP contribution < -0.4 is 5.32 Å². The van der Waals surface area contributed by atoms with Crippen LogP contribution in [-0.4, -0.2) is 11.5 Å². The molecular formula is C9H13ClN2. The van der Waals surface area contributed by atoms with Gasteiger partial charge in [0.1, 0.15) is 0 Å². The van der Waals surface area contributed by atoms with Crippen molar-refractivity contribution in [1.29, 1.82) is 0 Å². The Kier molecular flexibility index (Phi) is 3.50. The van der Waals surface area contributed by atoms with Crippen molar-refractivity contribution < 1.29 is 0 Å². The molecule has 12 heavy (non-hydrogen) atoms. The van der Waals surface area contributed by atoms with E-state index in [1.165, 1.54) is 18.4 Å². The highest BCUT2D eigenvalue weighted by Crippen LogP contribution is 2.21. The van der Waals surface area contributed by atoms with Crippen LogP contribution in [0.2, 0.25) is 0 Å². The predicted molar refractivity (Wildman–Crippen MR) is 51.5 cm³/mol. The summed E-state index contributed by atoms with van der Waals surface area (Å²) in [6, 6.07) is 4.75. The van der Waals surface area contributed by atoms with Gasteiger partial charge in [-0.1, -0.05) is 0 Å². The number of hydrogen-bond donors (Lipinski definition) is 1. The molecule has 66 valence electrons. The molecule has 2 nitrogen and oxygen atoms in total. The Hall–Kier alpha value is -0.600. The molecule has 3 heteroatoms. The van der Waals surface area contributed by atoms with Crippen LogP contribution >= 0.6 is 12.4 Å². The lowest BCUT2D eigenvalue weighted by atomic mass is 10.1. The molecule has 0 aromatic carbocycles. The molecule has 0 radical (unpaired) electrons. The first-order valence-electron chi connectivity index (χ1n) is 4.10. The topological polar surface area (TPSA) is 24.9 Å². The largest absolute Gasteiger partial charge is 0.310 e. The van der Waals surface area contributed by atoms with Crippen LogP contribution in [0.15, 0.2) is 24.5 Å². The second kappa shape index (κ2) is 4.43. The maximum atomic E-state index is 3.99. The molecule has 1 unspecified atom stereocenters. The summed E-state index contributed by atoms with van der Waals surface area (Å²) in [6.45, 7) is 1.16. The first-order chi connectivity index (χ1) is 5.47. The molecule has 0 amide bonds. The number of aromatic nitrogens is 1. The Balaban J connectivity index is 0.000000720. The first kappa shape index (κ1) is 9.49. The molecule has 1 aromatic rings. The second-order valence-corrected chi connectivity index (χ2v) is 2.93. The minimum atomic E-state index is 0. The molecule has 1 fully saturated rings. The third kappa shape index (κ3) is 1.96. The molecule has 0 spiro atoms. The van der Waals surface area contributed by atoms with Crippen LogP contribution in [0.25, 0.3) is 0 Å². The van der Waals surface area contributed by atoms with E-state index in [2.05, 4.69) is 22.4 Å². The smallest absolute Gasteiger partial charge is 0.0321 e. The summed E-state index contributed by atoms with van der Waals surface area (Å²) < 4.78 is 0. The SMILES string of the molecule is Cl.c1cc(C2CCCN2)ccn1. The van der Waals surface area contributed by atoms with Crippen molar-refractivity contribution in [2.75, 3.05) is 6.54 Å². The zero-order valence-corrected chi connectivity index (χ0v) is 7.68. The number of nitrogens with one attached hydrogen (secondary N) is 1. The molecule has 1 aromatic heterocycles. The van der Waals surface area contributed by atoms with E-state index in [1.54, 1.807) is 0 Å². The summed E-state index contributed by atoms with van der Waals surface area (Å²) in [5.74, 6) is 0. The van der Waals surface area contributed by atoms with Crippen molar-refractivity contribution in [1.82, 2.24) is 10.3 Å². The molecule has 0 saturated carbocycles. The van der Waals surface area contributed by atoms with Gasteiger partial charge in [-0.3, -0.25) is 4.98 Å². The number of rotatable bonds is 1. The standard InChI is InChI=1S/C9H12N2.ClH/c1-2-9(11-5-1)8-3-6-10-7-4-8;/h3-4,6-7,9,11H,1-2,5H2;1H. The van der Waals surface area contributed by atoms with Gasteiger partial charge in [0, 0.05) is 18.4 Å². The van der Waals surface area contributed by atoms with Gasteiger partial charge in [0.05, 0.1) is 0 Å². The average Bonchev–Trinajstić information content (AvgIpc) is 2.58. The third-order valence-electron chi connectivity index (χ3n) is 2.17. The van der Waals surface area contributed by atoms with Crippen molar-refractivity contribution in [2.45, 2.75) is 18.9 Å². The maximum absolute atomic E-state index is 3.99. The predicted octanol–water partition coefficient (Wildman–Crippen LogP) is 1.93. The minimum Gasteiger partial charge on any atom is -0.310 e. The Morgan fingerprint density at radius 1 is 1.33 bits per heavy atom. The van der Waals surface area contributed by atoms with Crippen LogP contribution in [0.4, 0.5) is 0 Å². The van der Waals surface area contributed by atoms with Gasteiger partial charge >= 0.3 is 0 Å². The van der Waals surface area contributed by atoms with Crippen LogP contribution in [0, 0.1) is 0 Å². The van der Waals surface area contributed by atoms with Crippen molar-refractivity contribution in [3.8, 4) is 0 Å². The minimum absolute atomic E-state index is 0. The molecule has 0 bridgehead atoms. The highest BCUT2D eigenvalue weighted by Gasteiger charge is 2.14. The number of nitrogens with zero attached hydrogens (tertiary/aromatic N) is 1. The summed E-state index contributed by atoms with van der Waals surface area (Å²) in [5, 5.41) is 3.45. The highest BCUT2D eigenvalue weighted by atomic mass is 35.5. The summed E-state index contributed by atoms with van der Waals surface area (Å²) in [4.78, 5) is 3.99. The average molecular weight is 185 g/mol. The fourth-order valence-corrected chi connectivity index (χ4v) is 1.56. The van der Waals surface area contributed by atoms with E-state index in [1.807, 2.05) is 12.4 Å². The van der Waals surface area contributed by atoms with E-state index in [-0.39, 0.29) is 12.4 Å². The lowest BCUT2D eigenvalue weighted by Gasteiger charge is -2.08. The Labute approximate surface area is 78.8 Å². The van der Waals surface area contributed by atoms with Gasteiger partial charge in [0.25, 0.3) is 0 Å². The summed E-state index contributed by atoms with van der Waals surface area (Å²) in [7, 11) is 0. The van der Waals surface area contributed by atoms with Crippen molar-refractivity contribution >= 4 is 12.4 Å². The quantitative estimate of drug-likeness (QED) is 0.722. The third-order valence-corrected chi connectivity index (χ3v) is 2.17. The van der Waals surface area contributed by atoms with E-state index in [9.17, 15) is 0 Å². The second-order valence-electron chi connectivity index (χ2n) is 2.93.